The highest BCUT2D eigenvalue weighted by Gasteiger charge is 2.32. The first-order chi connectivity index (χ1) is 10.4. The van der Waals surface area contributed by atoms with Crippen molar-refractivity contribution in [2.24, 2.45) is 5.92 Å². The smallest absolute Gasteiger partial charge is 0.180 e. The van der Waals surface area contributed by atoms with Gasteiger partial charge in [-0.15, -0.1) is 0 Å². The van der Waals surface area contributed by atoms with E-state index in [0.29, 0.717) is 6.04 Å². The Kier molecular flexibility index (Phi) is 3.43. The van der Waals surface area contributed by atoms with Gasteiger partial charge in [0.05, 0.1) is 0 Å². The molecule has 0 unspecified atom stereocenters. The topological polar surface area (TPSA) is 53.9 Å². The number of hydrogen-bond acceptors (Lipinski definition) is 5. The first kappa shape index (κ1) is 13.0. The Morgan fingerprint density at radius 3 is 2.67 bits per heavy atom. The molecule has 5 heteroatoms. The summed E-state index contributed by atoms with van der Waals surface area (Å²) >= 11 is 0. The van der Waals surface area contributed by atoms with Crippen LogP contribution in [-0.4, -0.2) is 40.6 Å². The number of pyridine rings is 1. The van der Waals surface area contributed by atoms with Crippen LogP contribution in [0.5, 0.6) is 0 Å². The van der Waals surface area contributed by atoms with E-state index < -0.39 is 0 Å². The third-order valence-corrected chi connectivity index (χ3v) is 4.51. The molecule has 3 heterocycles. The lowest BCUT2D eigenvalue weighted by Crippen LogP contribution is -2.37. The van der Waals surface area contributed by atoms with Crippen LogP contribution in [0, 0.1) is 5.92 Å². The normalized spacial score (nSPS) is 19.8. The molecule has 5 nitrogen and oxygen atoms in total. The van der Waals surface area contributed by atoms with Crippen molar-refractivity contribution in [2.45, 2.75) is 31.7 Å². The van der Waals surface area contributed by atoms with Crippen molar-refractivity contribution >= 4 is 17.0 Å². The minimum Gasteiger partial charge on any atom is -0.353 e. The second kappa shape index (κ2) is 5.56. The lowest BCUT2D eigenvalue weighted by molar-refractivity contribution is 0.372. The van der Waals surface area contributed by atoms with E-state index in [9.17, 15) is 0 Å². The van der Waals surface area contributed by atoms with E-state index >= 15 is 0 Å². The number of piperidine rings is 1. The molecular formula is C16H21N5. The van der Waals surface area contributed by atoms with Crippen molar-refractivity contribution in [3.8, 4) is 0 Å². The van der Waals surface area contributed by atoms with E-state index in [1.54, 1.807) is 12.4 Å². The summed E-state index contributed by atoms with van der Waals surface area (Å²) in [4.78, 5) is 15.9. The summed E-state index contributed by atoms with van der Waals surface area (Å²) in [5, 5.41) is 3.44. The molecule has 1 aliphatic carbocycles. The third kappa shape index (κ3) is 2.83. The molecule has 2 aliphatic rings. The number of fused-ring (bicyclic) bond motifs is 1. The summed E-state index contributed by atoms with van der Waals surface area (Å²) in [5.74, 6) is 1.86. The molecule has 1 saturated carbocycles. The highest BCUT2D eigenvalue weighted by molar-refractivity contribution is 5.71. The Bertz CT molecular complexity index is 619. The number of nitrogens with zero attached hydrogens (tertiary/aromatic N) is 4. The van der Waals surface area contributed by atoms with Gasteiger partial charge < -0.3 is 10.2 Å². The molecule has 2 aromatic heterocycles. The van der Waals surface area contributed by atoms with Gasteiger partial charge in [0, 0.05) is 25.0 Å². The summed E-state index contributed by atoms with van der Waals surface area (Å²) in [7, 11) is 0. The maximum atomic E-state index is 4.74. The summed E-state index contributed by atoms with van der Waals surface area (Å²) in [6, 6.07) is 4.83. The Morgan fingerprint density at radius 1 is 1.05 bits per heavy atom. The van der Waals surface area contributed by atoms with Crippen LogP contribution in [0.2, 0.25) is 0 Å². The third-order valence-electron chi connectivity index (χ3n) is 4.51. The summed E-state index contributed by atoms with van der Waals surface area (Å²) in [6.45, 7) is 3.44. The van der Waals surface area contributed by atoms with Crippen molar-refractivity contribution < 1.29 is 0 Å². The van der Waals surface area contributed by atoms with Crippen LogP contribution in [0.3, 0.4) is 0 Å². The van der Waals surface area contributed by atoms with Crippen LogP contribution in [0.4, 0.5) is 5.82 Å². The van der Waals surface area contributed by atoms with Gasteiger partial charge in [-0.25, -0.2) is 9.97 Å². The molecule has 1 saturated heterocycles. The molecule has 0 atom stereocenters. The van der Waals surface area contributed by atoms with E-state index in [0.717, 1.165) is 42.5 Å². The van der Waals surface area contributed by atoms with Crippen LogP contribution in [0.15, 0.2) is 24.5 Å². The highest BCUT2D eigenvalue weighted by atomic mass is 15.2. The number of anilines is 1. The zero-order valence-electron chi connectivity index (χ0n) is 12.2. The largest absolute Gasteiger partial charge is 0.353 e. The van der Waals surface area contributed by atoms with Gasteiger partial charge in [-0.05, 0) is 56.8 Å². The van der Waals surface area contributed by atoms with Crippen molar-refractivity contribution in [1.82, 2.24) is 20.3 Å². The van der Waals surface area contributed by atoms with Crippen molar-refractivity contribution in [2.75, 3.05) is 24.5 Å². The first-order valence-electron chi connectivity index (χ1n) is 7.95. The Hall–Kier alpha value is -1.75. The molecule has 1 aliphatic heterocycles. The molecule has 4 rings (SSSR count). The Labute approximate surface area is 124 Å². The van der Waals surface area contributed by atoms with E-state index in [4.69, 9.17) is 4.98 Å². The standard InChI is InChI=1S/C16H21N5/c1-2-13(1)21(11-12-5-7-17-8-6-12)15-4-3-14-16(20-15)19-10-9-18-14/h3-4,9-10,12-13,17H,1-2,5-8,11H2. The molecule has 0 radical (unpaired) electrons. The summed E-state index contributed by atoms with van der Waals surface area (Å²) in [6.07, 6.45) is 8.58. The average molecular weight is 283 g/mol. The predicted octanol–water partition coefficient (Wildman–Crippen LogP) is 1.99. The fraction of sp³-hybridized carbons (Fsp3) is 0.562. The SMILES string of the molecule is c1cnc2nc(N(CC3CCNCC3)C3CC3)ccc2n1. The average Bonchev–Trinajstić information content (AvgIpc) is 3.38. The zero-order valence-corrected chi connectivity index (χ0v) is 12.2. The van der Waals surface area contributed by atoms with Crippen LogP contribution < -0.4 is 10.2 Å². The molecule has 1 N–H and O–H groups in total. The summed E-state index contributed by atoms with van der Waals surface area (Å²) < 4.78 is 0. The molecule has 110 valence electrons. The van der Waals surface area contributed by atoms with Gasteiger partial charge in [-0.3, -0.25) is 4.98 Å². The van der Waals surface area contributed by atoms with Crippen molar-refractivity contribution in [1.29, 1.82) is 0 Å². The number of rotatable bonds is 4. The van der Waals surface area contributed by atoms with Crippen LogP contribution in [0.1, 0.15) is 25.7 Å². The molecule has 21 heavy (non-hydrogen) atoms. The quantitative estimate of drug-likeness (QED) is 0.930. The minimum absolute atomic E-state index is 0.682. The van der Waals surface area contributed by atoms with E-state index in [-0.39, 0.29) is 0 Å². The van der Waals surface area contributed by atoms with E-state index in [2.05, 4.69) is 26.3 Å². The monoisotopic (exact) mass is 283 g/mol. The van der Waals surface area contributed by atoms with Gasteiger partial charge in [0.25, 0.3) is 0 Å². The Balaban J connectivity index is 1.59. The van der Waals surface area contributed by atoms with Crippen LogP contribution in [-0.2, 0) is 0 Å². The predicted molar refractivity (Wildman–Crippen MR) is 83.3 cm³/mol. The Morgan fingerprint density at radius 2 is 1.86 bits per heavy atom. The van der Waals surface area contributed by atoms with E-state index in [1.807, 2.05) is 6.07 Å². The lowest BCUT2D eigenvalue weighted by Gasteiger charge is -2.31. The number of hydrogen-bond donors (Lipinski definition) is 1. The van der Waals surface area contributed by atoms with Crippen molar-refractivity contribution in [3.05, 3.63) is 24.5 Å². The molecule has 0 bridgehead atoms. The maximum Gasteiger partial charge on any atom is 0.180 e. The molecule has 0 spiro atoms. The van der Waals surface area contributed by atoms with Crippen LogP contribution in [0.25, 0.3) is 11.2 Å². The maximum absolute atomic E-state index is 4.74. The molecule has 2 aromatic rings. The fourth-order valence-electron chi connectivity index (χ4n) is 3.16. The molecule has 0 amide bonds. The molecule has 2 fully saturated rings. The second-order valence-corrected chi connectivity index (χ2v) is 6.15. The second-order valence-electron chi connectivity index (χ2n) is 6.15. The zero-order chi connectivity index (χ0) is 14.1. The lowest BCUT2D eigenvalue weighted by atomic mass is 9.97. The number of nitrogens with one attached hydrogen (secondary N) is 1. The van der Waals surface area contributed by atoms with Gasteiger partial charge in [0.15, 0.2) is 5.65 Å². The minimum atomic E-state index is 0.682. The van der Waals surface area contributed by atoms with Crippen LogP contribution >= 0.6 is 0 Å². The fourth-order valence-corrected chi connectivity index (χ4v) is 3.16. The molecular weight excluding hydrogens is 262 g/mol. The first-order valence-corrected chi connectivity index (χ1v) is 7.95. The van der Waals surface area contributed by atoms with Gasteiger partial charge >= 0.3 is 0 Å². The van der Waals surface area contributed by atoms with Gasteiger partial charge in [0.2, 0.25) is 0 Å². The van der Waals surface area contributed by atoms with Gasteiger partial charge in [-0.1, -0.05) is 0 Å². The van der Waals surface area contributed by atoms with Gasteiger partial charge in [0.1, 0.15) is 11.3 Å². The number of aromatic nitrogens is 3. The van der Waals surface area contributed by atoms with Crippen molar-refractivity contribution in [3.63, 3.8) is 0 Å². The van der Waals surface area contributed by atoms with E-state index in [1.165, 1.54) is 25.7 Å². The highest BCUT2D eigenvalue weighted by Crippen LogP contribution is 2.32. The van der Waals surface area contributed by atoms with Gasteiger partial charge in [-0.2, -0.15) is 0 Å². The summed E-state index contributed by atoms with van der Waals surface area (Å²) in [5.41, 5.74) is 1.63. The molecule has 0 aromatic carbocycles.